The van der Waals surface area contributed by atoms with Gasteiger partial charge in [0.05, 0.1) is 0 Å². The zero-order chi connectivity index (χ0) is 11.3. The van der Waals surface area contributed by atoms with E-state index in [0.29, 0.717) is 19.5 Å². The van der Waals surface area contributed by atoms with Crippen LogP contribution in [0.25, 0.3) is 0 Å². The van der Waals surface area contributed by atoms with E-state index in [9.17, 15) is 9.59 Å². The van der Waals surface area contributed by atoms with Gasteiger partial charge >= 0.3 is 0 Å². The lowest BCUT2D eigenvalue weighted by Gasteiger charge is -2.24. The van der Waals surface area contributed by atoms with Crippen LogP contribution < -0.4 is 16.0 Å². The van der Waals surface area contributed by atoms with Gasteiger partial charge in [-0.25, -0.2) is 0 Å². The molecule has 1 heterocycles. The van der Waals surface area contributed by atoms with Crippen molar-refractivity contribution in [3.05, 3.63) is 0 Å². The van der Waals surface area contributed by atoms with Gasteiger partial charge in [-0.05, 0) is 13.5 Å². The molecule has 2 atom stereocenters. The van der Waals surface area contributed by atoms with E-state index in [0.717, 1.165) is 6.42 Å². The summed E-state index contributed by atoms with van der Waals surface area (Å²) in [5.74, 6) is 0.0851. The molecule has 1 aliphatic rings. The molecule has 0 spiro atoms. The first-order chi connectivity index (χ1) is 7.13. The SMILES string of the molecule is CNCC(C)C(=O)NC1CCC(=O)NC1. The third-order valence-corrected chi connectivity index (χ3v) is 2.57. The zero-order valence-electron chi connectivity index (χ0n) is 9.30. The molecule has 0 bridgehead atoms. The number of rotatable bonds is 4. The maximum Gasteiger partial charge on any atom is 0.224 e. The molecule has 15 heavy (non-hydrogen) atoms. The molecule has 0 aliphatic carbocycles. The summed E-state index contributed by atoms with van der Waals surface area (Å²) in [6.45, 7) is 3.11. The van der Waals surface area contributed by atoms with Crippen LogP contribution in [0.5, 0.6) is 0 Å². The summed E-state index contributed by atoms with van der Waals surface area (Å²) >= 11 is 0. The quantitative estimate of drug-likeness (QED) is 0.575. The Morgan fingerprint density at radius 2 is 2.40 bits per heavy atom. The second-order valence-electron chi connectivity index (χ2n) is 4.01. The molecule has 1 aliphatic heterocycles. The molecule has 86 valence electrons. The number of piperidine rings is 1. The van der Waals surface area contributed by atoms with Gasteiger partial charge in [0, 0.05) is 31.5 Å². The van der Waals surface area contributed by atoms with E-state index < -0.39 is 0 Å². The largest absolute Gasteiger partial charge is 0.354 e. The number of carbonyl (C=O) groups is 2. The lowest BCUT2D eigenvalue weighted by Crippen LogP contribution is -2.49. The molecular formula is C10H19N3O2. The van der Waals surface area contributed by atoms with Crippen LogP contribution in [-0.2, 0) is 9.59 Å². The molecule has 1 fully saturated rings. The van der Waals surface area contributed by atoms with Crippen molar-refractivity contribution in [2.75, 3.05) is 20.1 Å². The standard InChI is InChI=1S/C10H19N3O2/c1-7(5-11-2)10(15)13-8-3-4-9(14)12-6-8/h7-8,11H,3-6H2,1-2H3,(H,12,14)(H,13,15). The molecule has 0 saturated carbocycles. The van der Waals surface area contributed by atoms with E-state index in [-0.39, 0.29) is 23.8 Å². The summed E-state index contributed by atoms with van der Waals surface area (Å²) < 4.78 is 0. The fourth-order valence-electron chi connectivity index (χ4n) is 1.60. The molecule has 0 aromatic rings. The predicted octanol–water partition coefficient (Wildman–Crippen LogP) is -0.763. The predicted molar refractivity (Wildman–Crippen MR) is 57.3 cm³/mol. The third kappa shape index (κ3) is 3.87. The highest BCUT2D eigenvalue weighted by Crippen LogP contribution is 2.04. The smallest absolute Gasteiger partial charge is 0.224 e. The summed E-state index contributed by atoms with van der Waals surface area (Å²) in [4.78, 5) is 22.5. The maximum absolute atomic E-state index is 11.6. The summed E-state index contributed by atoms with van der Waals surface area (Å²) in [6, 6.07) is 0.0921. The molecule has 0 aromatic carbocycles. The summed E-state index contributed by atoms with van der Waals surface area (Å²) in [5, 5.41) is 8.63. The lowest BCUT2D eigenvalue weighted by atomic mass is 10.1. The van der Waals surface area contributed by atoms with Crippen LogP contribution in [0.4, 0.5) is 0 Å². The van der Waals surface area contributed by atoms with E-state index in [2.05, 4.69) is 16.0 Å². The molecule has 5 heteroatoms. The molecule has 1 saturated heterocycles. The molecular weight excluding hydrogens is 194 g/mol. The van der Waals surface area contributed by atoms with Crippen molar-refractivity contribution < 1.29 is 9.59 Å². The molecule has 5 nitrogen and oxygen atoms in total. The van der Waals surface area contributed by atoms with Crippen LogP contribution in [0.15, 0.2) is 0 Å². The first-order valence-electron chi connectivity index (χ1n) is 5.35. The van der Waals surface area contributed by atoms with Crippen molar-refractivity contribution in [3.8, 4) is 0 Å². The second kappa shape index (κ2) is 5.70. The van der Waals surface area contributed by atoms with Crippen LogP contribution in [0.3, 0.4) is 0 Å². The van der Waals surface area contributed by atoms with Crippen LogP contribution in [0.2, 0.25) is 0 Å². The van der Waals surface area contributed by atoms with Crippen LogP contribution in [0.1, 0.15) is 19.8 Å². The van der Waals surface area contributed by atoms with Crippen LogP contribution >= 0.6 is 0 Å². The fraction of sp³-hybridized carbons (Fsp3) is 0.800. The van der Waals surface area contributed by atoms with E-state index >= 15 is 0 Å². The van der Waals surface area contributed by atoms with Crippen molar-refractivity contribution in [2.24, 2.45) is 5.92 Å². The molecule has 0 aromatic heterocycles. The van der Waals surface area contributed by atoms with Gasteiger partial charge in [0.2, 0.25) is 11.8 Å². The average molecular weight is 213 g/mol. The van der Waals surface area contributed by atoms with Gasteiger partial charge in [-0.2, -0.15) is 0 Å². The Balaban J connectivity index is 2.28. The Morgan fingerprint density at radius 1 is 1.67 bits per heavy atom. The molecule has 2 amide bonds. The van der Waals surface area contributed by atoms with Crippen molar-refractivity contribution in [3.63, 3.8) is 0 Å². The van der Waals surface area contributed by atoms with E-state index in [4.69, 9.17) is 0 Å². The topological polar surface area (TPSA) is 70.2 Å². The minimum Gasteiger partial charge on any atom is -0.354 e. The molecule has 2 unspecified atom stereocenters. The Bertz CT molecular complexity index is 233. The van der Waals surface area contributed by atoms with Crippen molar-refractivity contribution >= 4 is 11.8 Å². The first kappa shape index (κ1) is 12.0. The van der Waals surface area contributed by atoms with Gasteiger partial charge in [0.1, 0.15) is 0 Å². The van der Waals surface area contributed by atoms with E-state index in [1.54, 1.807) is 0 Å². The van der Waals surface area contributed by atoms with E-state index in [1.807, 2.05) is 14.0 Å². The Morgan fingerprint density at radius 3 is 2.93 bits per heavy atom. The summed E-state index contributed by atoms with van der Waals surface area (Å²) in [5.41, 5.74) is 0. The fourth-order valence-corrected chi connectivity index (χ4v) is 1.60. The number of carbonyl (C=O) groups excluding carboxylic acids is 2. The molecule has 0 radical (unpaired) electrons. The molecule has 3 N–H and O–H groups in total. The van der Waals surface area contributed by atoms with Gasteiger partial charge in [-0.3, -0.25) is 9.59 Å². The Hall–Kier alpha value is -1.10. The van der Waals surface area contributed by atoms with Crippen LogP contribution in [0, 0.1) is 5.92 Å². The minimum atomic E-state index is -0.0346. The third-order valence-electron chi connectivity index (χ3n) is 2.57. The van der Waals surface area contributed by atoms with Gasteiger partial charge in [-0.15, -0.1) is 0 Å². The van der Waals surface area contributed by atoms with Crippen molar-refractivity contribution in [1.29, 1.82) is 0 Å². The number of hydrogen-bond donors (Lipinski definition) is 3. The van der Waals surface area contributed by atoms with Gasteiger partial charge in [-0.1, -0.05) is 6.92 Å². The maximum atomic E-state index is 11.6. The normalized spacial score (nSPS) is 23.1. The van der Waals surface area contributed by atoms with Crippen molar-refractivity contribution in [1.82, 2.24) is 16.0 Å². The summed E-state index contributed by atoms with van der Waals surface area (Å²) in [6.07, 6.45) is 1.25. The van der Waals surface area contributed by atoms with E-state index in [1.165, 1.54) is 0 Å². The minimum absolute atomic E-state index is 0.0346. The number of nitrogens with one attached hydrogen (secondary N) is 3. The highest BCUT2D eigenvalue weighted by Gasteiger charge is 2.21. The number of amides is 2. The van der Waals surface area contributed by atoms with Crippen LogP contribution in [-0.4, -0.2) is 38.0 Å². The zero-order valence-corrected chi connectivity index (χ0v) is 9.30. The van der Waals surface area contributed by atoms with Gasteiger partial charge < -0.3 is 16.0 Å². The highest BCUT2D eigenvalue weighted by molar-refractivity contribution is 5.80. The monoisotopic (exact) mass is 213 g/mol. The molecule has 1 rings (SSSR count). The average Bonchev–Trinajstić information content (AvgIpc) is 2.22. The first-order valence-corrected chi connectivity index (χ1v) is 5.35. The summed E-state index contributed by atoms with van der Waals surface area (Å²) in [7, 11) is 1.82. The van der Waals surface area contributed by atoms with Crippen molar-refractivity contribution in [2.45, 2.75) is 25.8 Å². The van der Waals surface area contributed by atoms with Gasteiger partial charge in [0.15, 0.2) is 0 Å². The second-order valence-corrected chi connectivity index (χ2v) is 4.01. The Labute approximate surface area is 90.0 Å². The number of hydrogen-bond acceptors (Lipinski definition) is 3. The highest BCUT2D eigenvalue weighted by atomic mass is 16.2. The van der Waals surface area contributed by atoms with Gasteiger partial charge in [0.25, 0.3) is 0 Å². The Kier molecular flexibility index (Phi) is 4.55. The lowest BCUT2D eigenvalue weighted by molar-refractivity contribution is -0.127.